The molecule has 12 heteroatoms. The molecule has 6 N–H and O–H groups in total. The van der Waals surface area contributed by atoms with Crippen molar-refractivity contribution in [2.24, 2.45) is 0 Å². The number of unbranched alkanes of at least 4 members (excludes halogenated alkanes) is 2. The van der Waals surface area contributed by atoms with Gasteiger partial charge >= 0.3 is 83.3 Å². The third-order valence-electron chi connectivity index (χ3n) is 1.45. The molecule has 20 heavy (non-hydrogen) atoms. The largest absolute Gasteiger partial charge is 0.325 e. The second-order valence-corrected chi connectivity index (χ2v) is 12.7. The molecule has 0 radical (unpaired) electrons. The van der Waals surface area contributed by atoms with Crippen LogP contribution in [0.3, 0.4) is 0 Å². The van der Waals surface area contributed by atoms with E-state index in [1.165, 1.54) is 25.7 Å². The van der Waals surface area contributed by atoms with Gasteiger partial charge in [-0.1, -0.05) is 0 Å². The van der Waals surface area contributed by atoms with Gasteiger partial charge in [0, 0.05) is 0 Å². The van der Waals surface area contributed by atoms with Crippen LogP contribution in [0.25, 0.3) is 0 Å². The molecule has 126 valence electrons. The minimum absolute atomic E-state index is 1.06. The van der Waals surface area contributed by atoms with E-state index in [1.54, 1.807) is 0 Å². The van der Waals surface area contributed by atoms with E-state index in [9.17, 15) is 3.40 Å². The summed E-state index contributed by atoms with van der Waals surface area (Å²) in [7, 11) is 0. The summed E-state index contributed by atoms with van der Waals surface area (Å²) in [5, 5.41) is 0. The Balaban J connectivity index is -0.000000244. The molecule has 0 heterocycles. The van der Waals surface area contributed by atoms with Crippen LogP contribution in [0.2, 0.25) is 9.62 Å². The zero-order valence-corrected chi connectivity index (χ0v) is 16.9. The van der Waals surface area contributed by atoms with Gasteiger partial charge in [-0.05, 0) is 23.6 Å². The molecule has 0 amide bonds. The maximum Gasteiger partial charge on any atom is 0.319 e. The van der Waals surface area contributed by atoms with Gasteiger partial charge in [-0.3, -0.25) is 0 Å². The molecule has 0 spiro atoms. The van der Waals surface area contributed by atoms with Crippen molar-refractivity contribution >= 4 is 37.1 Å². The number of hydrogen-bond acceptors (Lipinski definition) is 3. The number of hydrogen-bond donors (Lipinski definition) is 6. The molecule has 0 saturated carbocycles. The molecule has 0 unspecified atom stereocenters. The van der Waals surface area contributed by atoms with Crippen LogP contribution in [0.5, 0.6) is 0 Å². The molecular formula is C8H24MoO7P2S2. The topological polar surface area (TPSA) is 138 Å². The first kappa shape index (κ1) is 26.4. The average Bonchev–Trinajstić information content (AvgIpc) is 2.18. The van der Waals surface area contributed by atoms with Crippen LogP contribution in [0.4, 0.5) is 0 Å². The second-order valence-electron chi connectivity index (χ2n) is 3.58. The van der Waals surface area contributed by atoms with Gasteiger partial charge < -0.3 is 29.4 Å². The van der Waals surface area contributed by atoms with Crippen LogP contribution in [-0.2, 0) is 44.3 Å². The molecule has 0 aliphatic carbocycles. The predicted octanol–water partition coefficient (Wildman–Crippen LogP) is 1.76. The minimum atomic E-state index is -3.81. The van der Waals surface area contributed by atoms with Crippen molar-refractivity contribution in [3.05, 3.63) is 0 Å². The van der Waals surface area contributed by atoms with Crippen LogP contribution in [0.1, 0.15) is 39.5 Å². The first-order valence-corrected chi connectivity index (χ1v) is 14.7. The Labute approximate surface area is 136 Å². The SMILES string of the molecule is CCC[CH2][Mo](=[O])[CH2]CCC.OP(O)(O)=S.OP(O)(O)=S. The van der Waals surface area contributed by atoms with E-state index < -0.39 is 30.7 Å². The Morgan fingerprint density at radius 1 is 0.800 bits per heavy atom. The average molecular weight is 454 g/mol. The Kier molecular flexibility index (Phi) is 20.4. The molecule has 0 rings (SSSR count). The molecule has 0 fully saturated rings. The third-order valence-corrected chi connectivity index (χ3v) is 5.11. The second kappa shape index (κ2) is 15.4. The van der Waals surface area contributed by atoms with Crippen LogP contribution in [0.15, 0.2) is 0 Å². The van der Waals surface area contributed by atoms with Crippen LogP contribution in [-0.4, -0.2) is 29.4 Å². The fourth-order valence-corrected chi connectivity index (χ4v) is 4.22. The Hall–Kier alpha value is 1.55. The minimum Gasteiger partial charge on any atom is -0.325 e. The molecule has 0 atom stereocenters. The van der Waals surface area contributed by atoms with Gasteiger partial charge in [0.2, 0.25) is 0 Å². The van der Waals surface area contributed by atoms with Crippen molar-refractivity contribution in [2.45, 2.75) is 49.2 Å². The van der Waals surface area contributed by atoms with Gasteiger partial charge in [-0.15, -0.1) is 0 Å². The van der Waals surface area contributed by atoms with Gasteiger partial charge in [-0.25, -0.2) is 0 Å². The fourth-order valence-electron chi connectivity index (χ4n) is 0.713. The van der Waals surface area contributed by atoms with Crippen LogP contribution >= 0.6 is 13.4 Å². The Morgan fingerprint density at radius 3 is 1.15 bits per heavy atom. The summed E-state index contributed by atoms with van der Waals surface area (Å²) >= 11 is 5.45. The Bertz CT molecular complexity index is 284. The molecule has 0 aromatic rings. The van der Waals surface area contributed by atoms with Crippen molar-refractivity contribution in [1.82, 2.24) is 0 Å². The fraction of sp³-hybridized carbons (Fsp3) is 1.00. The van der Waals surface area contributed by atoms with Crippen LogP contribution in [0, 0.1) is 0 Å². The molecule has 0 bridgehead atoms. The van der Waals surface area contributed by atoms with Crippen molar-refractivity contribution in [1.29, 1.82) is 0 Å². The van der Waals surface area contributed by atoms with E-state index in [2.05, 4.69) is 37.5 Å². The maximum atomic E-state index is 11.2. The Morgan fingerprint density at radius 2 is 1.00 bits per heavy atom. The maximum absolute atomic E-state index is 11.2. The van der Waals surface area contributed by atoms with Crippen molar-refractivity contribution < 1.29 is 50.0 Å². The molecule has 0 aliphatic rings. The summed E-state index contributed by atoms with van der Waals surface area (Å²) in [6, 6.07) is 0. The number of rotatable bonds is 6. The zero-order valence-electron chi connectivity index (χ0n) is 11.5. The summed E-state index contributed by atoms with van der Waals surface area (Å²) < 4.78 is 11.2. The van der Waals surface area contributed by atoms with Crippen molar-refractivity contribution in [3.63, 3.8) is 0 Å². The molecular weight excluding hydrogens is 430 g/mol. The molecule has 0 saturated heterocycles. The summed E-state index contributed by atoms with van der Waals surface area (Å²) in [5.74, 6) is 0. The molecule has 0 aliphatic heterocycles. The monoisotopic (exact) mass is 456 g/mol. The van der Waals surface area contributed by atoms with Gasteiger partial charge in [0.05, 0.1) is 0 Å². The molecule has 7 nitrogen and oxygen atoms in total. The van der Waals surface area contributed by atoms with Gasteiger partial charge in [0.15, 0.2) is 0 Å². The molecule has 0 aromatic carbocycles. The van der Waals surface area contributed by atoms with Crippen molar-refractivity contribution in [3.8, 4) is 0 Å². The summed E-state index contributed by atoms with van der Waals surface area (Å²) in [5.41, 5.74) is 0. The first-order chi connectivity index (χ1) is 8.81. The smallest absolute Gasteiger partial charge is 0.319 e. The zero-order chi connectivity index (χ0) is 16.8. The summed E-state index contributed by atoms with van der Waals surface area (Å²) in [6.07, 6.45) is 4.77. The van der Waals surface area contributed by atoms with Crippen LogP contribution < -0.4 is 0 Å². The normalized spacial score (nSPS) is 11.2. The third kappa shape index (κ3) is 73.8. The van der Waals surface area contributed by atoms with E-state index in [0.29, 0.717) is 0 Å². The predicted molar refractivity (Wildman–Crippen MR) is 82.0 cm³/mol. The quantitative estimate of drug-likeness (QED) is 0.262. The van der Waals surface area contributed by atoms with Crippen molar-refractivity contribution in [2.75, 3.05) is 0 Å². The van der Waals surface area contributed by atoms with Gasteiger partial charge in [0.25, 0.3) is 0 Å². The molecule has 0 aromatic heterocycles. The van der Waals surface area contributed by atoms with E-state index in [1.807, 2.05) is 0 Å². The summed E-state index contributed by atoms with van der Waals surface area (Å²) in [4.78, 5) is 47.5. The van der Waals surface area contributed by atoms with E-state index in [4.69, 9.17) is 29.4 Å². The van der Waals surface area contributed by atoms with Gasteiger partial charge in [-0.2, -0.15) is 0 Å². The van der Waals surface area contributed by atoms with E-state index in [-0.39, 0.29) is 0 Å². The summed E-state index contributed by atoms with van der Waals surface area (Å²) in [6.45, 7) is -3.29. The standard InChI is InChI=1S/2C4H9.Mo.2H3O3PS.O/c2*1-3-4-2;;2*1-4(2,3)5;/h2*1,3-4H2,2H3;;2*(H3,1,2,3,5);. The first-order valence-electron chi connectivity index (χ1n) is 5.72. The van der Waals surface area contributed by atoms with E-state index in [0.717, 1.165) is 9.62 Å². The van der Waals surface area contributed by atoms with E-state index >= 15 is 0 Å². The van der Waals surface area contributed by atoms with Gasteiger partial charge in [0.1, 0.15) is 0 Å².